The summed E-state index contributed by atoms with van der Waals surface area (Å²) in [6.45, 7) is 4.36. The number of hydrogen-bond donors (Lipinski definition) is 1. The number of nitrogens with one attached hydrogen (secondary N) is 1. The van der Waals surface area contributed by atoms with E-state index in [0.717, 1.165) is 19.4 Å². The van der Waals surface area contributed by atoms with Crippen LogP contribution in [0.1, 0.15) is 34.9 Å². The summed E-state index contributed by atoms with van der Waals surface area (Å²) in [6.07, 6.45) is 3.24. The lowest BCUT2D eigenvalue weighted by Crippen LogP contribution is -2.37. The van der Waals surface area contributed by atoms with Crippen LogP contribution in [-0.4, -0.2) is 30.4 Å². The van der Waals surface area contributed by atoms with Crippen LogP contribution in [0.4, 0.5) is 0 Å². The molecule has 1 aliphatic heterocycles. The van der Waals surface area contributed by atoms with Gasteiger partial charge in [-0.25, -0.2) is 0 Å². The Morgan fingerprint density at radius 2 is 2.17 bits per heavy atom. The van der Waals surface area contributed by atoms with Crippen LogP contribution in [0.3, 0.4) is 0 Å². The van der Waals surface area contributed by atoms with Crippen molar-refractivity contribution in [1.29, 1.82) is 0 Å². The van der Waals surface area contributed by atoms with Gasteiger partial charge in [0.15, 0.2) is 0 Å². The van der Waals surface area contributed by atoms with Gasteiger partial charge >= 0.3 is 0 Å². The highest BCUT2D eigenvalue weighted by Crippen LogP contribution is 2.33. The highest BCUT2D eigenvalue weighted by molar-refractivity contribution is 7.10. The van der Waals surface area contributed by atoms with Gasteiger partial charge in [-0.2, -0.15) is 0 Å². The molecule has 4 heteroatoms. The molecule has 1 atom stereocenters. The Hall–Kier alpha value is -1.65. The maximum Gasteiger partial charge on any atom is 0.234 e. The summed E-state index contributed by atoms with van der Waals surface area (Å²) >= 11 is 1.79. The van der Waals surface area contributed by atoms with E-state index in [9.17, 15) is 4.79 Å². The second-order valence-electron chi connectivity index (χ2n) is 6.17. The summed E-state index contributed by atoms with van der Waals surface area (Å²) in [6, 6.07) is 13.1. The van der Waals surface area contributed by atoms with E-state index in [1.54, 1.807) is 11.3 Å². The normalized spacial score (nSPS) is 18.2. The topological polar surface area (TPSA) is 32.3 Å². The molecule has 1 aromatic carbocycles. The van der Waals surface area contributed by atoms with Crippen LogP contribution in [-0.2, 0) is 11.2 Å². The fourth-order valence-electron chi connectivity index (χ4n) is 3.29. The molecule has 1 saturated heterocycles. The van der Waals surface area contributed by atoms with Gasteiger partial charge < -0.3 is 5.32 Å². The Labute approximate surface area is 142 Å². The number of aryl methyl sites for hydroxylation is 1. The van der Waals surface area contributed by atoms with Crippen LogP contribution in [0, 0.1) is 6.92 Å². The molecule has 0 bridgehead atoms. The highest BCUT2D eigenvalue weighted by atomic mass is 32.1. The van der Waals surface area contributed by atoms with Crippen molar-refractivity contribution in [3.8, 4) is 0 Å². The van der Waals surface area contributed by atoms with Crippen molar-refractivity contribution < 1.29 is 4.79 Å². The molecule has 1 aromatic heterocycles. The first-order valence-corrected chi connectivity index (χ1v) is 9.20. The quantitative estimate of drug-likeness (QED) is 0.879. The SMILES string of the molecule is Cc1ccccc1CCNC(=O)CN1CCCC1c1cccs1. The standard InChI is InChI=1S/C19H24N2OS/c1-15-6-2-3-7-16(15)10-11-20-19(22)14-21-12-4-8-17(21)18-9-5-13-23-18/h2-3,5-7,9,13,17H,4,8,10-12,14H2,1H3,(H,20,22). The number of carbonyl (C=O) groups is 1. The lowest BCUT2D eigenvalue weighted by Gasteiger charge is -2.22. The Morgan fingerprint density at radius 1 is 1.30 bits per heavy atom. The van der Waals surface area contributed by atoms with Crippen LogP contribution in [0.2, 0.25) is 0 Å². The van der Waals surface area contributed by atoms with Crippen molar-refractivity contribution in [2.75, 3.05) is 19.6 Å². The maximum absolute atomic E-state index is 12.2. The number of rotatable bonds is 6. The number of thiophene rings is 1. The fraction of sp³-hybridized carbons (Fsp3) is 0.421. The molecular formula is C19H24N2OS. The number of amides is 1. The van der Waals surface area contributed by atoms with E-state index in [2.05, 4.69) is 58.9 Å². The smallest absolute Gasteiger partial charge is 0.234 e. The van der Waals surface area contributed by atoms with Gasteiger partial charge in [-0.3, -0.25) is 9.69 Å². The average Bonchev–Trinajstić information content (AvgIpc) is 3.20. The fourth-order valence-corrected chi connectivity index (χ4v) is 4.18. The second-order valence-corrected chi connectivity index (χ2v) is 7.15. The Morgan fingerprint density at radius 3 is 2.96 bits per heavy atom. The van der Waals surface area contributed by atoms with Crippen molar-refractivity contribution in [2.45, 2.75) is 32.2 Å². The van der Waals surface area contributed by atoms with Gasteiger partial charge in [-0.05, 0) is 55.3 Å². The largest absolute Gasteiger partial charge is 0.355 e. The first-order chi connectivity index (χ1) is 11.2. The van der Waals surface area contributed by atoms with Gasteiger partial charge in [0.1, 0.15) is 0 Å². The minimum absolute atomic E-state index is 0.141. The highest BCUT2D eigenvalue weighted by Gasteiger charge is 2.27. The molecule has 2 aromatic rings. The summed E-state index contributed by atoms with van der Waals surface area (Å²) < 4.78 is 0. The molecule has 23 heavy (non-hydrogen) atoms. The minimum atomic E-state index is 0.141. The zero-order chi connectivity index (χ0) is 16.1. The number of benzene rings is 1. The lowest BCUT2D eigenvalue weighted by molar-refractivity contribution is -0.122. The monoisotopic (exact) mass is 328 g/mol. The molecule has 1 N–H and O–H groups in total. The third-order valence-electron chi connectivity index (χ3n) is 4.56. The molecule has 3 rings (SSSR count). The van der Waals surface area contributed by atoms with Crippen molar-refractivity contribution in [1.82, 2.24) is 10.2 Å². The lowest BCUT2D eigenvalue weighted by atomic mass is 10.1. The number of carbonyl (C=O) groups excluding carboxylic acids is 1. The van der Waals surface area contributed by atoms with Gasteiger partial charge in [0.25, 0.3) is 0 Å². The van der Waals surface area contributed by atoms with E-state index in [1.165, 1.54) is 22.4 Å². The number of likely N-dealkylation sites (tertiary alicyclic amines) is 1. The minimum Gasteiger partial charge on any atom is -0.355 e. The van der Waals surface area contributed by atoms with Gasteiger partial charge in [0.05, 0.1) is 6.54 Å². The molecule has 0 spiro atoms. The van der Waals surface area contributed by atoms with Gasteiger partial charge in [0.2, 0.25) is 5.91 Å². The van der Waals surface area contributed by atoms with Crippen LogP contribution in [0.15, 0.2) is 41.8 Å². The Balaban J connectivity index is 1.47. The zero-order valence-electron chi connectivity index (χ0n) is 13.6. The Bertz CT molecular complexity index is 639. The third-order valence-corrected chi connectivity index (χ3v) is 5.53. The predicted molar refractivity (Wildman–Crippen MR) is 95.8 cm³/mol. The molecule has 0 radical (unpaired) electrons. The van der Waals surface area contributed by atoms with E-state index >= 15 is 0 Å². The number of nitrogens with zero attached hydrogens (tertiary/aromatic N) is 1. The van der Waals surface area contributed by atoms with Crippen LogP contribution < -0.4 is 5.32 Å². The molecule has 0 aliphatic carbocycles. The Kier molecular flexibility index (Phi) is 5.47. The van der Waals surface area contributed by atoms with Crippen molar-refractivity contribution in [2.24, 2.45) is 0 Å². The van der Waals surface area contributed by atoms with E-state index in [-0.39, 0.29) is 5.91 Å². The predicted octanol–water partition coefficient (Wildman–Crippen LogP) is 3.55. The zero-order valence-corrected chi connectivity index (χ0v) is 14.4. The summed E-state index contributed by atoms with van der Waals surface area (Å²) in [5, 5.41) is 5.19. The molecule has 1 aliphatic rings. The molecule has 1 amide bonds. The number of hydrogen-bond acceptors (Lipinski definition) is 3. The van der Waals surface area contributed by atoms with E-state index in [1.807, 2.05) is 0 Å². The van der Waals surface area contributed by atoms with Crippen LogP contribution in [0.5, 0.6) is 0 Å². The van der Waals surface area contributed by atoms with E-state index in [0.29, 0.717) is 19.1 Å². The second kappa shape index (κ2) is 7.75. The molecule has 0 saturated carbocycles. The molecule has 3 nitrogen and oxygen atoms in total. The van der Waals surface area contributed by atoms with Gasteiger partial charge in [-0.15, -0.1) is 11.3 Å². The van der Waals surface area contributed by atoms with Gasteiger partial charge in [-0.1, -0.05) is 30.3 Å². The molecule has 1 unspecified atom stereocenters. The van der Waals surface area contributed by atoms with Crippen LogP contribution >= 0.6 is 11.3 Å². The molecule has 2 heterocycles. The third kappa shape index (κ3) is 4.21. The maximum atomic E-state index is 12.2. The van der Waals surface area contributed by atoms with Crippen LogP contribution in [0.25, 0.3) is 0 Å². The van der Waals surface area contributed by atoms with E-state index in [4.69, 9.17) is 0 Å². The van der Waals surface area contributed by atoms with Crippen molar-refractivity contribution in [3.63, 3.8) is 0 Å². The van der Waals surface area contributed by atoms with E-state index < -0.39 is 0 Å². The van der Waals surface area contributed by atoms with Crippen molar-refractivity contribution >= 4 is 17.2 Å². The first kappa shape index (κ1) is 16.2. The molecular weight excluding hydrogens is 304 g/mol. The van der Waals surface area contributed by atoms with Gasteiger partial charge in [0, 0.05) is 17.5 Å². The average molecular weight is 328 g/mol. The summed E-state index contributed by atoms with van der Waals surface area (Å²) in [5.74, 6) is 0.141. The summed E-state index contributed by atoms with van der Waals surface area (Å²) in [7, 11) is 0. The van der Waals surface area contributed by atoms with Crippen molar-refractivity contribution in [3.05, 3.63) is 57.8 Å². The molecule has 122 valence electrons. The summed E-state index contributed by atoms with van der Waals surface area (Å²) in [4.78, 5) is 15.9. The first-order valence-electron chi connectivity index (χ1n) is 8.32. The molecule has 1 fully saturated rings. The summed E-state index contributed by atoms with van der Waals surface area (Å²) in [5.41, 5.74) is 2.60.